The van der Waals surface area contributed by atoms with E-state index in [0.717, 1.165) is 5.75 Å². The number of carbonyl (C=O) groups excluding carboxylic acids is 2. The number of carbonyl (C=O) groups is 2. The van der Waals surface area contributed by atoms with Gasteiger partial charge in [-0.3, -0.25) is 14.6 Å². The monoisotopic (exact) mass is 355 g/mol. The fourth-order valence-electron chi connectivity index (χ4n) is 2.19. The van der Waals surface area contributed by atoms with Crippen LogP contribution in [0.15, 0.2) is 42.7 Å². The second-order valence-electron chi connectivity index (χ2n) is 7.31. The molecule has 138 valence electrons. The lowest BCUT2D eigenvalue weighted by molar-refractivity contribution is 0.0919. The molecule has 0 saturated heterocycles. The van der Waals surface area contributed by atoms with Crippen LogP contribution in [0.25, 0.3) is 0 Å². The standard InChI is InChI=1S/C20H25N3O3/c1-13(2)26-17-8-6-16(7-9-17)22-18(24)14-10-15(12-21-11-14)19(25)23-20(3,4)5/h6-13H,1-5H3,(H,22,24)(H,23,25). The van der Waals surface area contributed by atoms with Crippen molar-refractivity contribution in [2.24, 2.45) is 0 Å². The molecule has 2 amide bonds. The zero-order valence-corrected chi connectivity index (χ0v) is 15.8. The first-order chi connectivity index (χ1) is 12.1. The van der Waals surface area contributed by atoms with Crippen molar-refractivity contribution in [3.63, 3.8) is 0 Å². The van der Waals surface area contributed by atoms with Crippen molar-refractivity contribution in [1.82, 2.24) is 10.3 Å². The predicted octanol–water partition coefficient (Wildman–Crippen LogP) is 3.65. The Morgan fingerprint density at radius 1 is 1.00 bits per heavy atom. The number of nitrogens with zero attached hydrogens (tertiary/aromatic N) is 1. The zero-order chi connectivity index (χ0) is 19.3. The molecule has 1 heterocycles. The summed E-state index contributed by atoms with van der Waals surface area (Å²) >= 11 is 0. The highest BCUT2D eigenvalue weighted by Gasteiger charge is 2.17. The predicted molar refractivity (Wildman–Crippen MR) is 102 cm³/mol. The molecular formula is C20H25N3O3. The van der Waals surface area contributed by atoms with E-state index in [9.17, 15) is 9.59 Å². The van der Waals surface area contributed by atoms with E-state index in [-0.39, 0.29) is 23.5 Å². The minimum Gasteiger partial charge on any atom is -0.491 e. The summed E-state index contributed by atoms with van der Waals surface area (Å²) in [5, 5.41) is 5.64. The van der Waals surface area contributed by atoms with Crippen LogP contribution in [0.4, 0.5) is 5.69 Å². The van der Waals surface area contributed by atoms with Gasteiger partial charge in [-0.25, -0.2) is 0 Å². The summed E-state index contributed by atoms with van der Waals surface area (Å²) < 4.78 is 5.57. The van der Waals surface area contributed by atoms with Gasteiger partial charge in [-0.1, -0.05) is 0 Å². The van der Waals surface area contributed by atoms with E-state index in [2.05, 4.69) is 15.6 Å². The SMILES string of the molecule is CC(C)Oc1ccc(NC(=O)c2cncc(C(=O)NC(C)(C)C)c2)cc1. The Morgan fingerprint density at radius 2 is 1.58 bits per heavy atom. The van der Waals surface area contributed by atoms with E-state index in [1.807, 2.05) is 34.6 Å². The second kappa shape index (κ2) is 7.99. The highest BCUT2D eigenvalue weighted by Crippen LogP contribution is 2.18. The van der Waals surface area contributed by atoms with Crippen molar-refractivity contribution in [2.45, 2.75) is 46.3 Å². The van der Waals surface area contributed by atoms with Crippen LogP contribution in [-0.4, -0.2) is 28.4 Å². The Bertz CT molecular complexity index is 778. The Hall–Kier alpha value is -2.89. The largest absolute Gasteiger partial charge is 0.491 e. The van der Waals surface area contributed by atoms with Gasteiger partial charge in [0.1, 0.15) is 5.75 Å². The van der Waals surface area contributed by atoms with Gasteiger partial charge in [-0.2, -0.15) is 0 Å². The van der Waals surface area contributed by atoms with Crippen LogP contribution >= 0.6 is 0 Å². The quantitative estimate of drug-likeness (QED) is 0.858. The molecule has 1 aromatic heterocycles. The Morgan fingerprint density at radius 3 is 2.12 bits per heavy atom. The number of hydrogen-bond acceptors (Lipinski definition) is 4. The van der Waals surface area contributed by atoms with E-state index in [1.165, 1.54) is 18.5 Å². The third-order valence-corrected chi connectivity index (χ3v) is 3.24. The van der Waals surface area contributed by atoms with Crippen molar-refractivity contribution in [3.05, 3.63) is 53.9 Å². The average Bonchev–Trinajstić information content (AvgIpc) is 2.55. The molecular weight excluding hydrogens is 330 g/mol. The molecule has 0 aliphatic heterocycles. The number of benzene rings is 1. The van der Waals surface area contributed by atoms with Gasteiger partial charge in [-0.05, 0) is 65.0 Å². The number of anilines is 1. The third-order valence-electron chi connectivity index (χ3n) is 3.24. The molecule has 0 unspecified atom stereocenters. The molecule has 6 nitrogen and oxygen atoms in total. The van der Waals surface area contributed by atoms with Crippen LogP contribution in [-0.2, 0) is 0 Å². The topological polar surface area (TPSA) is 80.3 Å². The Labute approximate surface area is 154 Å². The smallest absolute Gasteiger partial charge is 0.257 e. The summed E-state index contributed by atoms with van der Waals surface area (Å²) in [6.07, 6.45) is 2.96. The highest BCUT2D eigenvalue weighted by atomic mass is 16.5. The minimum atomic E-state index is -0.366. The lowest BCUT2D eigenvalue weighted by Crippen LogP contribution is -2.40. The maximum atomic E-state index is 12.4. The third kappa shape index (κ3) is 5.88. The fraction of sp³-hybridized carbons (Fsp3) is 0.350. The molecule has 0 saturated carbocycles. The Kier molecular flexibility index (Phi) is 5.97. The van der Waals surface area contributed by atoms with E-state index in [0.29, 0.717) is 16.8 Å². The van der Waals surface area contributed by atoms with Gasteiger partial charge >= 0.3 is 0 Å². The molecule has 1 aromatic carbocycles. The molecule has 0 fully saturated rings. The summed E-state index contributed by atoms with van der Waals surface area (Å²) in [6.45, 7) is 9.57. The van der Waals surface area contributed by atoms with Gasteiger partial charge in [0, 0.05) is 23.6 Å². The lowest BCUT2D eigenvalue weighted by Gasteiger charge is -2.20. The van der Waals surface area contributed by atoms with Crippen molar-refractivity contribution >= 4 is 17.5 Å². The maximum Gasteiger partial charge on any atom is 0.257 e. The van der Waals surface area contributed by atoms with E-state index in [1.54, 1.807) is 24.3 Å². The summed E-state index contributed by atoms with van der Waals surface area (Å²) in [7, 11) is 0. The zero-order valence-electron chi connectivity index (χ0n) is 15.8. The van der Waals surface area contributed by atoms with Crippen molar-refractivity contribution in [3.8, 4) is 5.75 Å². The number of ether oxygens (including phenoxy) is 1. The molecule has 0 radical (unpaired) electrons. The summed E-state index contributed by atoms with van der Waals surface area (Å²) in [6, 6.07) is 8.64. The summed E-state index contributed by atoms with van der Waals surface area (Å²) in [5.74, 6) is 0.135. The minimum absolute atomic E-state index is 0.0866. The van der Waals surface area contributed by atoms with Gasteiger partial charge in [0.2, 0.25) is 0 Å². The molecule has 26 heavy (non-hydrogen) atoms. The second-order valence-corrected chi connectivity index (χ2v) is 7.31. The van der Waals surface area contributed by atoms with Crippen molar-refractivity contribution < 1.29 is 14.3 Å². The van der Waals surface area contributed by atoms with E-state index in [4.69, 9.17) is 4.74 Å². The molecule has 2 aromatic rings. The number of nitrogens with one attached hydrogen (secondary N) is 2. The number of amides is 2. The van der Waals surface area contributed by atoms with Crippen LogP contribution in [0, 0.1) is 0 Å². The van der Waals surface area contributed by atoms with Crippen molar-refractivity contribution in [1.29, 1.82) is 0 Å². The molecule has 0 spiro atoms. The molecule has 0 aliphatic rings. The van der Waals surface area contributed by atoms with Crippen LogP contribution in [0.3, 0.4) is 0 Å². The van der Waals surface area contributed by atoms with Gasteiger partial charge in [0.15, 0.2) is 0 Å². The molecule has 2 N–H and O–H groups in total. The molecule has 0 atom stereocenters. The van der Waals surface area contributed by atoms with Gasteiger partial charge in [0.05, 0.1) is 17.2 Å². The fourth-order valence-corrected chi connectivity index (χ4v) is 2.19. The lowest BCUT2D eigenvalue weighted by atomic mass is 10.1. The molecule has 0 aliphatic carbocycles. The van der Waals surface area contributed by atoms with E-state index < -0.39 is 0 Å². The van der Waals surface area contributed by atoms with E-state index >= 15 is 0 Å². The Balaban J connectivity index is 2.08. The van der Waals surface area contributed by atoms with Crippen LogP contribution in [0.2, 0.25) is 0 Å². The number of pyridine rings is 1. The van der Waals surface area contributed by atoms with Gasteiger partial charge in [-0.15, -0.1) is 0 Å². The number of hydrogen-bond donors (Lipinski definition) is 2. The van der Waals surface area contributed by atoms with Crippen LogP contribution in [0.5, 0.6) is 5.75 Å². The summed E-state index contributed by atoms with van der Waals surface area (Å²) in [5.41, 5.74) is 0.924. The van der Waals surface area contributed by atoms with Crippen LogP contribution < -0.4 is 15.4 Å². The molecule has 2 rings (SSSR count). The normalized spacial score (nSPS) is 11.2. The molecule has 0 bridgehead atoms. The number of rotatable bonds is 5. The first-order valence-corrected chi connectivity index (χ1v) is 8.50. The highest BCUT2D eigenvalue weighted by molar-refractivity contribution is 6.05. The van der Waals surface area contributed by atoms with Gasteiger partial charge in [0.25, 0.3) is 11.8 Å². The first-order valence-electron chi connectivity index (χ1n) is 8.50. The van der Waals surface area contributed by atoms with Crippen molar-refractivity contribution in [2.75, 3.05) is 5.32 Å². The van der Waals surface area contributed by atoms with Gasteiger partial charge < -0.3 is 15.4 Å². The summed E-state index contributed by atoms with van der Waals surface area (Å²) in [4.78, 5) is 28.6. The average molecular weight is 355 g/mol. The number of aromatic nitrogens is 1. The first kappa shape index (κ1) is 19.4. The van der Waals surface area contributed by atoms with Crippen LogP contribution in [0.1, 0.15) is 55.3 Å². The maximum absolute atomic E-state index is 12.4. The molecule has 6 heteroatoms.